The first-order valence-corrected chi connectivity index (χ1v) is 6.62. The van der Waals surface area contributed by atoms with Crippen LogP contribution in [-0.4, -0.2) is 25.7 Å². The van der Waals surface area contributed by atoms with E-state index in [9.17, 15) is 0 Å². The molecule has 1 heterocycles. The number of halogens is 1. The Morgan fingerprint density at radius 2 is 2.18 bits per heavy atom. The van der Waals surface area contributed by atoms with Crippen LogP contribution < -0.4 is 10.2 Å². The lowest BCUT2D eigenvalue weighted by Crippen LogP contribution is -2.53. The summed E-state index contributed by atoms with van der Waals surface area (Å²) in [6, 6.07) is 6.35. The predicted molar refractivity (Wildman–Crippen MR) is 75.1 cm³/mol. The lowest BCUT2D eigenvalue weighted by Gasteiger charge is -2.41. The van der Waals surface area contributed by atoms with Gasteiger partial charge in [0, 0.05) is 29.3 Å². The lowest BCUT2D eigenvalue weighted by molar-refractivity contribution is 0.316. The minimum Gasteiger partial charge on any atom is -0.370 e. The number of aryl methyl sites for hydroxylation is 1. The minimum absolute atomic E-state index is 0.218. The van der Waals surface area contributed by atoms with Crippen LogP contribution >= 0.6 is 11.6 Å². The molecule has 1 fully saturated rings. The molecule has 0 amide bonds. The van der Waals surface area contributed by atoms with Gasteiger partial charge in [0.1, 0.15) is 0 Å². The summed E-state index contributed by atoms with van der Waals surface area (Å²) in [6.45, 7) is 6.49. The van der Waals surface area contributed by atoms with E-state index in [-0.39, 0.29) is 5.54 Å². The SMILES string of the molecule is CNC1(C)CCCN(c2ccc(C)c(Cl)c2)C1. The Morgan fingerprint density at radius 1 is 1.41 bits per heavy atom. The summed E-state index contributed by atoms with van der Waals surface area (Å²) in [5.41, 5.74) is 2.60. The van der Waals surface area contributed by atoms with Crippen molar-refractivity contribution in [2.24, 2.45) is 0 Å². The molecular weight excluding hydrogens is 232 g/mol. The number of benzene rings is 1. The first-order chi connectivity index (χ1) is 8.04. The van der Waals surface area contributed by atoms with Crippen molar-refractivity contribution in [1.82, 2.24) is 5.32 Å². The number of nitrogens with one attached hydrogen (secondary N) is 1. The van der Waals surface area contributed by atoms with E-state index in [0.717, 1.165) is 23.7 Å². The van der Waals surface area contributed by atoms with Crippen LogP contribution in [0.15, 0.2) is 18.2 Å². The largest absolute Gasteiger partial charge is 0.370 e. The number of nitrogens with zero attached hydrogens (tertiary/aromatic N) is 1. The monoisotopic (exact) mass is 252 g/mol. The van der Waals surface area contributed by atoms with E-state index in [2.05, 4.69) is 35.3 Å². The van der Waals surface area contributed by atoms with Gasteiger partial charge >= 0.3 is 0 Å². The number of likely N-dealkylation sites (N-methyl/N-ethyl adjacent to an activating group) is 1. The van der Waals surface area contributed by atoms with Gasteiger partial charge in [0.15, 0.2) is 0 Å². The zero-order valence-corrected chi connectivity index (χ0v) is 11.6. The summed E-state index contributed by atoms with van der Waals surface area (Å²) in [5.74, 6) is 0. The average molecular weight is 253 g/mol. The molecule has 1 aromatic carbocycles. The fraction of sp³-hybridized carbons (Fsp3) is 0.571. The molecule has 3 heteroatoms. The third-order valence-electron chi connectivity index (χ3n) is 3.82. The van der Waals surface area contributed by atoms with Crippen LogP contribution in [0.25, 0.3) is 0 Å². The summed E-state index contributed by atoms with van der Waals surface area (Å²) < 4.78 is 0. The molecule has 0 spiro atoms. The first-order valence-electron chi connectivity index (χ1n) is 6.24. The number of anilines is 1. The molecule has 1 aliphatic heterocycles. The van der Waals surface area contributed by atoms with Crippen molar-refractivity contribution >= 4 is 17.3 Å². The Hall–Kier alpha value is -0.730. The van der Waals surface area contributed by atoms with Crippen LogP contribution in [0.3, 0.4) is 0 Å². The highest BCUT2D eigenvalue weighted by Gasteiger charge is 2.29. The molecule has 0 bridgehead atoms. The van der Waals surface area contributed by atoms with Gasteiger partial charge in [-0.25, -0.2) is 0 Å². The summed E-state index contributed by atoms with van der Waals surface area (Å²) in [7, 11) is 2.05. The maximum absolute atomic E-state index is 6.20. The molecule has 2 nitrogen and oxygen atoms in total. The van der Waals surface area contributed by atoms with Crippen molar-refractivity contribution in [3.63, 3.8) is 0 Å². The minimum atomic E-state index is 0.218. The predicted octanol–water partition coefficient (Wildman–Crippen LogP) is 3.23. The molecule has 1 unspecified atom stereocenters. The molecule has 1 N–H and O–H groups in total. The molecule has 1 aliphatic rings. The van der Waals surface area contributed by atoms with Gasteiger partial charge in [0.05, 0.1) is 0 Å². The van der Waals surface area contributed by atoms with Gasteiger partial charge in [-0.3, -0.25) is 0 Å². The topological polar surface area (TPSA) is 15.3 Å². The third-order valence-corrected chi connectivity index (χ3v) is 4.23. The van der Waals surface area contributed by atoms with Gasteiger partial charge in [-0.05, 0) is 51.4 Å². The Balaban J connectivity index is 2.19. The van der Waals surface area contributed by atoms with Crippen LogP contribution in [0.4, 0.5) is 5.69 Å². The van der Waals surface area contributed by atoms with Crippen molar-refractivity contribution in [3.05, 3.63) is 28.8 Å². The summed E-state index contributed by atoms with van der Waals surface area (Å²) in [5, 5.41) is 4.29. The number of rotatable bonds is 2. The highest BCUT2D eigenvalue weighted by molar-refractivity contribution is 6.31. The molecule has 0 aromatic heterocycles. The van der Waals surface area contributed by atoms with E-state index in [4.69, 9.17) is 11.6 Å². The summed E-state index contributed by atoms with van der Waals surface area (Å²) in [6.07, 6.45) is 2.46. The van der Waals surface area contributed by atoms with Crippen LogP contribution in [0.2, 0.25) is 5.02 Å². The maximum atomic E-state index is 6.20. The molecule has 0 radical (unpaired) electrons. The normalized spacial score (nSPS) is 25.1. The van der Waals surface area contributed by atoms with E-state index in [1.54, 1.807) is 0 Å². The molecule has 1 saturated heterocycles. The van der Waals surface area contributed by atoms with Crippen LogP contribution in [0, 0.1) is 6.92 Å². The van der Waals surface area contributed by atoms with Gasteiger partial charge < -0.3 is 10.2 Å². The van der Waals surface area contributed by atoms with Crippen LogP contribution in [0.1, 0.15) is 25.3 Å². The number of piperidine rings is 1. The van der Waals surface area contributed by atoms with Crippen molar-refractivity contribution in [2.45, 2.75) is 32.2 Å². The quantitative estimate of drug-likeness (QED) is 0.870. The molecule has 0 aliphatic carbocycles. The second kappa shape index (κ2) is 4.87. The molecule has 0 saturated carbocycles. The molecule has 1 atom stereocenters. The van der Waals surface area contributed by atoms with Crippen molar-refractivity contribution in [3.8, 4) is 0 Å². The van der Waals surface area contributed by atoms with Crippen molar-refractivity contribution in [1.29, 1.82) is 0 Å². The second-order valence-electron chi connectivity index (χ2n) is 5.27. The van der Waals surface area contributed by atoms with Crippen LogP contribution in [-0.2, 0) is 0 Å². The Bertz CT molecular complexity index is 405. The zero-order chi connectivity index (χ0) is 12.5. The summed E-state index contributed by atoms with van der Waals surface area (Å²) >= 11 is 6.20. The zero-order valence-electron chi connectivity index (χ0n) is 10.9. The number of hydrogen-bond donors (Lipinski definition) is 1. The van der Waals surface area contributed by atoms with E-state index in [0.29, 0.717) is 0 Å². The van der Waals surface area contributed by atoms with E-state index >= 15 is 0 Å². The fourth-order valence-electron chi connectivity index (χ4n) is 2.44. The van der Waals surface area contributed by atoms with Crippen molar-refractivity contribution < 1.29 is 0 Å². The third kappa shape index (κ3) is 2.75. The molecule has 2 rings (SSSR count). The smallest absolute Gasteiger partial charge is 0.0455 e. The molecule has 1 aromatic rings. The van der Waals surface area contributed by atoms with Gasteiger partial charge in [-0.15, -0.1) is 0 Å². The highest BCUT2D eigenvalue weighted by atomic mass is 35.5. The van der Waals surface area contributed by atoms with Gasteiger partial charge in [0.25, 0.3) is 0 Å². The number of hydrogen-bond acceptors (Lipinski definition) is 2. The van der Waals surface area contributed by atoms with Gasteiger partial charge in [0.2, 0.25) is 0 Å². The Labute approximate surface area is 109 Å². The molecular formula is C14H21ClN2. The Morgan fingerprint density at radius 3 is 2.82 bits per heavy atom. The average Bonchev–Trinajstić information content (AvgIpc) is 2.33. The summed E-state index contributed by atoms with van der Waals surface area (Å²) in [4.78, 5) is 2.42. The van der Waals surface area contributed by atoms with E-state index in [1.165, 1.54) is 18.5 Å². The van der Waals surface area contributed by atoms with Gasteiger partial charge in [-0.2, -0.15) is 0 Å². The van der Waals surface area contributed by atoms with Crippen LogP contribution in [0.5, 0.6) is 0 Å². The molecule has 94 valence electrons. The maximum Gasteiger partial charge on any atom is 0.0455 e. The van der Waals surface area contributed by atoms with Gasteiger partial charge in [-0.1, -0.05) is 17.7 Å². The highest BCUT2D eigenvalue weighted by Crippen LogP contribution is 2.28. The first kappa shape index (κ1) is 12.7. The lowest BCUT2D eigenvalue weighted by atomic mass is 9.91. The molecule has 17 heavy (non-hydrogen) atoms. The Kier molecular flexibility index (Phi) is 3.64. The van der Waals surface area contributed by atoms with E-state index < -0.39 is 0 Å². The fourth-order valence-corrected chi connectivity index (χ4v) is 2.62. The van der Waals surface area contributed by atoms with E-state index in [1.807, 2.05) is 14.0 Å². The second-order valence-corrected chi connectivity index (χ2v) is 5.68. The van der Waals surface area contributed by atoms with Crippen molar-refractivity contribution in [2.75, 3.05) is 25.0 Å². The standard InChI is InChI=1S/C14H21ClN2/c1-11-5-6-12(9-13(11)15)17-8-4-7-14(2,10-17)16-3/h5-6,9,16H,4,7-8,10H2,1-3H3.